The van der Waals surface area contributed by atoms with Gasteiger partial charge in [-0.1, -0.05) is 35.0 Å². The highest BCUT2D eigenvalue weighted by Gasteiger charge is 2.14. The van der Waals surface area contributed by atoms with Crippen LogP contribution in [0.5, 0.6) is 0 Å². The number of hydrogen-bond donors (Lipinski definition) is 0. The number of pyridine rings is 1. The van der Waals surface area contributed by atoms with Crippen LogP contribution in [0, 0.1) is 0 Å². The molecule has 0 unspecified atom stereocenters. The number of hydrogen-bond acceptors (Lipinski definition) is 6. The van der Waals surface area contributed by atoms with Gasteiger partial charge in [-0.25, -0.2) is 9.78 Å². The lowest BCUT2D eigenvalue weighted by Crippen LogP contribution is -1.96. The number of methoxy groups -OCH3 is 1. The van der Waals surface area contributed by atoms with E-state index in [1.807, 2.05) is 0 Å². The van der Waals surface area contributed by atoms with E-state index in [1.54, 1.807) is 0 Å². The first-order valence-electron chi connectivity index (χ1n) is 4.63. The topological polar surface area (TPSA) is 52.1 Å². The molecule has 0 aliphatic carbocycles. The second-order valence-corrected chi connectivity index (χ2v) is 6.12. The summed E-state index contributed by atoms with van der Waals surface area (Å²) >= 11 is 14.5. The second kappa shape index (κ2) is 5.88. The van der Waals surface area contributed by atoms with Crippen LogP contribution in [0.2, 0.25) is 10.0 Å². The predicted molar refractivity (Wildman–Crippen MR) is 71.8 cm³/mol. The minimum atomic E-state index is -0.411. The number of rotatable bonds is 3. The first-order chi connectivity index (χ1) is 8.61. The summed E-state index contributed by atoms with van der Waals surface area (Å²) in [4.78, 5) is 20.4. The van der Waals surface area contributed by atoms with E-state index in [0.717, 1.165) is 0 Å². The number of carbonyl (C=O) groups excluding carboxylic acids is 1. The number of esters is 1. The zero-order chi connectivity index (χ0) is 13.1. The molecule has 0 bridgehead atoms. The first kappa shape index (κ1) is 13.6. The zero-order valence-electron chi connectivity index (χ0n) is 9.02. The van der Waals surface area contributed by atoms with E-state index in [2.05, 4.69) is 14.7 Å². The molecule has 0 aliphatic heterocycles. The Labute approximate surface area is 121 Å². The summed E-state index contributed by atoms with van der Waals surface area (Å²) in [5.74, 6) is -0.411. The Morgan fingerprint density at radius 1 is 1.33 bits per heavy atom. The van der Waals surface area contributed by atoms with Gasteiger partial charge in [0.1, 0.15) is 4.88 Å². The van der Waals surface area contributed by atoms with Crippen molar-refractivity contribution in [2.45, 2.75) is 9.24 Å². The summed E-state index contributed by atoms with van der Waals surface area (Å²) in [6.07, 6.45) is 4.47. The van der Waals surface area contributed by atoms with Crippen LogP contribution in [0.25, 0.3) is 0 Å². The Kier molecular flexibility index (Phi) is 4.45. The number of halogens is 2. The third-order valence-electron chi connectivity index (χ3n) is 1.87. The summed E-state index contributed by atoms with van der Waals surface area (Å²) in [5, 5.41) is 0.893. The Morgan fingerprint density at radius 3 is 2.61 bits per heavy atom. The molecule has 0 saturated heterocycles. The smallest absolute Gasteiger partial charge is 0.349 e. The maximum atomic E-state index is 11.3. The average Bonchev–Trinajstić information content (AvgIpc) is 2.81. The minimum absolute atomic E-state index is 0.411. The van der Waals surface area contributed by atoms with E-state index in [-0.39, 0.29) is 0 Å². The van der Waals surface area contributed by atoms with Gasteiger partial charge < -0.3 is 4.74 Å². The van der Waals surface area contributed by atoms with E-state index < -0.39 is 5.97 Å². The zero-order valence-corrected chi connectivity index (χ0v) is 12.2. The highest BCUT2D eigenvalue weighted by Crippen LogP contribution is 2.39. The van der Waals surface area contributed by atoms with Crippen LogP contribution in [0.4, 0.5) is 0 Å². The van der Waals surface area contributed by atoms with Gasteiger partial charge in [0.25, 0.3) is 0 Å². The van der Waals surface area contributed by atoms with Crippen LogP contribution >= 0.6 is 46.3 Å². The number of nitrogens with zero attached hydrogens (tertiary/aromatic N) is 2. The lowest BCUT2D eigenvalue weighted by Gasteiger charge is -2.02. The average molecular weight is 321 g/mol. The molecule has 0 atom stereocenters. The van der Waals surface area contributed by atoms with Gasteiger partial charge in [-0.3, -0.25) is 4.98 Å². The molecule has 2 rings (SSSR count). The van der Waals surface area contributed by atoms with Crippen molar-refractivity contribution in [3.05, 3.63) is 33.5 Å². The molecular weight excluding hydrogens is 315 g/mol. The second-order valence-electron chi connectivity index (χ2n) is 3.02. The van der Waals surface area contributed by atoms with Crippen molar-refractivity contribution in [2.75, 3.05) is 7.11 Å². The first-order valence-corrected chi connectivity index (χ1v) is 7.01. The van der Waals surface area contributed by atoms with E-state index in [0.29, 0.717) is 24.2 Å². The molecule has 8 heteroatoms. The Hall–Kier alpha value is -0.820. The number of aromatic nitrogens is 2. The largest absolute Gasteiger partial charge is 0.465 e. The van der Waals surface area contributed by atoms with E-state index in [1.165, 1.54) is 48.8 Å². The standard InChI is InChI=1S/C10H6Cl2N2O2S2/c1-16-9(15)7-4-14-10(17-7)18-8-5(11)2-13-3-6(8)12/h2-4H,1H3. The van der Waals surface area contributed by atoms with Gasteiger partial charge in [0.15, 0.2) is 4.34 Å². The molecule has 2 aromatic heterocycles. The summed E-state index contributed by atoms with van der Waals surface area (Å²) in [5.41, 5.74) is 0. The van der Waals surface area contributed by atoms with E-state index >= 15 is 0 Å². The quantitative estimate of drug-likeness (QED) is 0.805. The van der Waals surface area contributed by atoms with Crippen molar-refractivity contribution in [3.63, 3.8) is 0 Å². The van der Waals surface area contributed by atoms with Gasteiger partial charge in [-0.15, -0.1) is 11.3 Å². The molecular formula is C10H6Cl2N2O2S2. The van der Waals surface area contributed by atoms with Gasteiger partial charge in [0, 0.05) is 12.4 Å². The maximum Gasteiger partial charge on any atom is 0.349 e. The van der Waals surface area contributed by atoms with Crippen LogP contribution < -0.4 is 0 Å². The third kappa shape index (κ3) is 2.95. The molecule has 0 saturated carbocycles. The molecule has 2 aromatic rings. The van der Waals surface area contributed by atoms with Crippen molar-refractivity contribution < 1.29 is 9.53 Å². The Bertz CT molecular complexity index is 569. The normalized spacial score (nSPS) is 10.4. The molecule has 94 valence electrons. The minimum Gasteiger partial charge on any atom is -0.465 e. The molecule has 0 aromatic carbocycles. The molecule has 0 amide bonds. The van der Waals surface area contributed by atoms with Crippen LogP contribution in [0.1, 0.15) is 9.67 Å². The number of carbonyl (C=O) groups is 1. The predicted octanol–water partition coefficient (Wildman–Crippen LogP) is 3.78. The fraction of sp³-hybridized carbons (Fsp3) is 0.100. The van der Waals surface area contributed by atoms with Gasteiger partial charge in [0.2, 0.25) is 0 Å². The molecule has 0 aliphatic rings. The fourth-order valence-electron chi connectivity index (χ4n) is 1.08. The summed E-state index contributed by atoms with van der Waals surface area (Å²) in [7, 11) is 1.32. The Morgan fingerprint density at radius 2 is 2.00 bits per heavy atom. The van der Waals surface area contributed by atoms with E-state index in [4.69, 9.17) is 23.2 Å². The summed E-state index contributed by atoms with van der Waals surface area (Å²) < 4.78 is 5.27. The van der Waals surface area contributed by atoms with Crippen molar-refractivity contribution in [3.8, 4) is 0 Å². The summed E-state index contributed by atoms with van der Waals surface area (Å²) in [6, 6.07) is 0. The van der Waals surface area contributed by atoms with Gasteiger partial charge >= 0.3 is 5.97 Å². The molecule has 0 radical (unpaired) electrons. The van der Waals surface area contributed by atoms with Crippen molar-refractivity contribution in [2.24, 2.45) is 0 Å². The number of ether oxygens (including phenoxy) is 1. The molecule has 0 fully saturated rings. The molecule has 0 spiro atoms. The van der Waals surface area contributed by atoms with Crippen LogP contribution in [0.3, 0.4) is 0 Å². The third-order valence-corrected chi connectivity index (χ3v) is 4.86. The fourth-order valence-corrected chi connectivity index (χ4v) is 3.51. The van der Waals surface area contributed by atoms with Gasteiger partial charge in [-0.05, 0) is 0 Å². The lowest BCUT2D eigenvalue weighted by atomic mass is 10.5. The molecule has 18 heavy (non-hydrogen) atoms. The van der Waals surface area contributed by atoms with Crippen molar-refractivity contribution in [1.82, 2.24) is 9.97 Å². The highest BCUT2D eigenvalue weighted by atomic mass is 35.5. The molecule has 4 nitrogen and oxygen atoms in total. The van der Waals surface area contributed by atoms with Gasteiger partial charge in [0.05, 0.1) is 28.2 Å². The number of thiazole rings is 1. The van der Waals surface area contributed by atoms with Crippen LogP contribution in [-0.2, 0) is 4.74 Å². The van der Waals surface area contributed by atoms with Gasteiger partial charge in [-0.2, -0.15) is 0 Å². The van der Waals surface area contributed by atoms with E-state index in [9.17, 15) is 4.79 Å². The Balaban J connectivity index is 2.24. The maximum absolute atomic E-state index is 11.3. The van der Waals surface area contributed by atoms with Crippen LogP contribution in [0.15, 0.2) is 27.8 Å². The SMILES string of the molecule is COC(=O)c1cnc(Sc2c(Cl)cncc2Cl)s1. The highest BCUT2D eigenvalue weighted by molar-refractivity contribution is 8.01. The summed E-state index contributed by atoms with van der Waals surface area (Å²) in [6.45, 7) is 0. The monoisotopic (exact) mass is 320 g/mol. The molecule has 0 N–H and O–H groups in total. The molecule has 2 heterocycles. The van der Waals surface area contributed by atoms with Crippen molar-refractivity contribution >= 4 is 52.3 Å². The van der Waals surface area contributed by atoms with Crippen LogP contribution in [-0.4, -0.2) is 23.0 Å². The lowest BCUT2D eigenvalue weighted by molar-refractivity contribution is 0.0606. The van der Waals surface area contributed by atoms with Crippen molar-refractivity contribution in [1.29, 1.82) is 0 Å².